The number of aromatic nitrogens is 2. The number of thiol groups is 1. The maximum Gasteiger partial charge on any atom is 2.00 e. The van der Waals surface area contributed by atoms with Crippen LogP contribution in [0.3, 0.4) is 0 Å². The second-order valence-corrected chi connectivity index (χ2v) is 8.02. The van der Waals surface area contributed by atoms with Crippen molar-refractivity contribution in [1.29, 1.82) is 0 Å². The zero-order chi connectivity index (χ0) is 20.5. The van der Waals surface area contributed by atoms with Gasteiger partial charge in [0, 0.05) is 10.6 Å². The van der Waals surface area contributed by atoms with Crippen LogP contribution in [0, 0.1) is 31.7 Å². The van der Waals surface area contributed by atoms with Crippen molar-refractivity contribution in [2.45, 2.75) is 51.9 Å². The predicted octanol–water partition coefficient (Wildman–Crippen LogP) is 7.05. The topological polar surface area (TPSA) is 37.8 Å². The minimum Gasteiger partial charge on any atom is -0.341 e. The Morgan fingerprint density at radius 2 is 1.83 bits per heavy atom. The molecule has 2 unspecified atom stereocenters. The number of nitrogens with one attached hydrogen (secondary N) is 1. The van der Waals surface area contributed by atoms with Crippen molar-refractivity contribution < 1.29 is 18.6 Å². The van der Waals surface area contributed by atoms with Crippen molar-refractivity contribution in [1.82, 2.24) is 9.97 Å². The van der Waals surface area contributed by atoms with Gasteiger partial charge in [-0.15, -0.1) is 12.6 Å². The summed E-state index contributed by atoms with van der Waals surface area (Å²) >= 11 is 4.27. The molecule has 1 aromatic heterocycles. The SMILES string of the molecule is Cc1[c-]cc2ncnc(Nc3ccc(S)cc3)c2c1.[CH2-]C(C)CCC(C)CC.[V+2]. The summed E-state index contributed by atoms with van der Waals surface area (Å²) in [5.41, 5.74) is 2.92. The molecule has 0 amide bonds. The third kappa shape index (κ3) is 8.82. The van der Waals surface area contributed by atoms with Crippen molar-refractivity contribution in [3.63, 3.8) is 0 Å². The number of anilines is 2. The number of fused-ring (bicyclic) bond motifs is 1. The molecule has 153 valence electrons. The maximum atomic E-state index is 4.31. The minimum absolute atomic E-state index is 0. The van der Waals surface area contributed by atoms with Gasteiger partial charge in [0.15, 0.2) is 0 Å². The summed E-state index contributed by atoms with van der Waals surface area (Å²) in [5, 5.41) is 4.30. The number of aryl methyl sites for hydroxylation is 1. The van der Waals surface area contributed by atoms with E-state index in [9.17, 15) is 0 Å². The molecule has 0 saturated heterocycles. The Hall–Kier alpha value is -1.49. The molecule has 0 spiro atoms. The molecule has 0 aliphatic heterocycles. The fourth-order valence-corrected chi connectivity index (χ4v) is 2.81. The van der Waals surface area contributed by atoms with Crippen LogP contribution in [0.5, 0.6) is 0 Å². The number of nitrogens with zero attached hydrogens (tertiary/aromatic N) is 2. The van der Waals surface area contributed by atoms with E-state index in [1.807, 2.05) is 43.3 Å². The van der Waals surface area contributed by atoms with Gasteiger partial charge in [0.25, 0.3) is 0 Å². The second kappa shape index (κ2) is 12.9. The molecular formula is C24H31N3SV. The molecular weight excluding hydrogens is 413 g/mol. The van der Waals surface area contributed by atoms with Crippen LogP contribution in [0.4, 0.5) is 11.5 Å². The van der Waals surface area contributed by atoms with E-state index in [0.29, 0.717) is 5.92 Å². The molecule has 3 nitrogen and oxygen atoms in total. The third-order valence-corrected chi connectivity index (χ3v) is 4.99. The van der Waals surface area contributed by atoms with Gasteiger partial charge >= 0.3 is 18.6 Å². The monoisotopic (exact) mass is 444 g/mol. The third-order valence-electron chi connectivity index (χ3n) is 4.69. The molecule has 29 heavy (non-hydrogen) atoms. The van der Waals surface area contributed by atoms with Crippen LogP contribution in [0.1, 0.15) is 45.6 Å². The zero-order valence-corrected chi connectivity index (χ0v) is 20.1. The Morgan fingerprint density at radius 3 is 2.45 bits per heavy atom. The average molecular weight is 445 g/mol. The van der Waals surface area contributed by atoms with E-state index in [4.69, 9.17) is 0 Å². The fourth-order valence-electron chi connectivity index (χ4n) is 2.66. The molecule has 3 aromatic rings. The number of benzene rings is 2. The summed E-state index contributed by atoms with van der Waals surface area (Å²) in [6.07, 6.45) is 5.50. The standard InChI is InChI=1S/C15H12N3S.C9H19.V/c1-10-2-7-14-13(8-10)15(17-9-16-14)18-11-3-5-12(19)6-4-11;1-5-9(4)7-6-8(2)3;/h3-9,19H,1H3,(H,16,17,18);8-9H,2,5-7H2,1,3-4H3;/q2*-1;+2. The van der Waals surface area contributed by atoms with Crippen LogP contribution in [0.15, 0.2) is 47.6 Å². The Kier molecular flexibility index (Phi) is 11.4. The smallest absolute Gasteiger partial charge is 0.341 e. The Morgan fingerprint density at radius 1 is 1.14 bits per heavy atom. The van der Waals surface area contributed by atoms with E-state index < -0.39 is 0 Å². The van der Waals surface area contributed by atoms with Gasteiger partial charge in [-0.3, -0.25) is 0 Å². The Balaban J connectivity index is 0.000000362. The average Bonchev–Trinajstić information content (AvgIpc) is 2.68. The maximum absolute atomic E-state index is 4.31. The minimum atomic E-state index is 0. The van der Waals surface area contributed by atoms with Crippen molar-refractivity contribution >= 4 is 35.0 Å². The first-order valence-corrected chi connectivity index (χ1v) is 10.4. The molecule has 1 heterocycles. The summed E-state index contributed by atoms with van der Waals surface area (Å²) in [6.45, 7) is 12.7. The first-order valence-electron chi connectivity index (χ1n) is 9.91. The molecule has 2 atom stereocenters. The predicted molar refractivity (Wildman–Crippen MR) is 123 cm³/mol. The molecule has 5 heteroatoms. The Bertz CT molecular complexity index is 866. The van der Waals surface area contributed by atoms with Crippen LogP contribution in [-0.2, 0) is 18.6 Å². The summed E-state index contributed by atoms with van der Waals surface area (Å²) in [7, 11) is 0. The number of hydrogen-bond acceptors (Lipinski definition) is 4. The summed E-state index contributed by atoms with van der Waals surface area (Å²) in [5.74, 6) is 2.34. The van der Waals surface area contributed by atoms with E-state index in [2.05, 4.69) is 61.7 Å². The quantitative estimate of drug-likeness (QED) is 0.316. The van der Waals surface area contributed by atoms with Crippen molar-refractivity contribution in [2.24, 2.45) is 11.8 Å². The van der Waals surface area contributed by atoms with Gasteiger partial charge in [-0.2, -0.15) is 29.7 Å². The van der Waals surface area contributed by atoms with Crippen LogP contribution < -0.4 is 5.32 Å². The van der Waals surface area contributed by atoms with Crippen molar-refractivity contribution in [3.8, 4) is 0 Å². The molecule has 3 rings (SSSR count). The second-order valence-electron chi connectivity index (χ2n) is 7.51. The summed E-state index contributed by atoms with van der Waals surface area (Å²) in [6, 6.07) is 14.9. The first kappa shape index (κ1) is 25.6. The molecule has 0 aliphatic rings. The van der Waals surface area contributed by atoms with Gasteiger partial charge in [0.1, 0.15) is 12.1 Å². The zero-order valence-electron chi connectivity index (χ0n) is 17.8. The molecule has 1 N–H and O–H groups in total. The molecule has 2 aromatic carbocycles. The van der Waals surface area contributed by atoms with Gasteiger partial charge in [-0.1, -0.05) is 52.3 Å². The van der Waals surface area contributed by atoms with E-state index in [0.717, 1.165) is 38.8 Å². The van der Waals surface area contributed by atoms with Crippen molar-refractivity contribution in [3.05, 3.63) is 61.3 Å². The number of rotatable bonds is 6. The molecule has 1 radical (unpaired) electrons. The Labute approximate surface area is 193 Å². The fraction of sp³-hybridized carbons (Fsp3) is 0.375. The van der Waals surface area contributed by atoms with Gasteiger partial charge in [-0.25, -0.2) is 4.98 Å². The van der Waals surface area contributed by atoms with E-state index in [1.165, 1.54) is 19.3 Å². The first-order chi connectivity index (χ1) is 13.4. The molecule has 0 aliphatic carbocycles. The van der Waals surface area contributed by atoms with Crippen LogP contribution in [-0.4, -0.2) is 9.97 Å². The van der Waals surface area contributed by atoms with Crippen LogP contribution in [0.2, 0.25) is 0 Å². The van der Waals surface area contributed by atoms with Gasteiger partial charge in [0.2, 0.25) is 0 Å². The molecule has 0 fully saturated rings. The van der Waals surface area contributed by atoms with Crippen molar-refractivity contribution in [2.75, 3.05) is 5.32 Å². The molecule has 0 saturated carbocycles. The van der Waals surface area contributed by atoms with Crippen LogP contribution >= 0.6 is 12.6 Å². The van der Waals surface area contributed by atoms with E-state index in [1.54, 1.807) is 6.33 Å². The normalized spacial score (nSPS) is 12.3. The van der Waals surface area contributed by atoms with Gasteiger partial charge in [-0.05, 0) is 35.7 Å². The summed E-state index contributed by atoms with van der Waals surface area (Å²) < 4.78 is 0. The number of hydrogen-bond donors (Lipinski definition) is 2. The molecule has 0 bridgehead atoms. The van der Waals surface area contributed by atoms with E-state index in [-0.39, 0.29) is 18.6 Å². The van der Waals surface area contributed by atoms with Gasteiger partial charge < -0.3 is 17.2 Å². The summed E-state index contributed by atoms with van der Waals surface area (Å²) in [4.78, 5) is 9.49. The van der Waals surface area contributed by atoms with E-state index >= 15 is 0 Å². The van der Waals surface area contributed by atoms with Crippen LogP contribution in [0.25, 0.3) is 10.9 Å². The van der Waals surface area contributed by atoms with Gasteiger partial charge in [0.05, 0.1) is 0 Å². The largest absolute Gasteiger partial charge is 2.00 e.